The molecule has 1 atom stereocenters. The van der Waals surface area contributed by atoms with Crippen LogP contribution in [-0.4, -0.2) is 27.0 Å². The number of nitrogens with zero attached hydrogens (tertiary/aromatic N) is 3. The number of fused-ring (bicyclic) bond motifs is 4. The molecule has 6 heteroatoms. The first-order valence-corrected chi connectivity index (χ1v) is 10.2. The van der Waals surface area contributed by atoms with Crippen molar-refractivity contribution in [1.29, 1.82) is 0 Å². The highest BCUT2D eigenvalue weighted by molar-refractivity contribution is 6.11. The van der Waals surface area contributed by atoms with Crippen molar-refractivity contribution in [3.05, 3.63) is 112 Å². The van der Waals surface area contributed by atoms with E-state index in [1.807, 2.05) is 54.6 Å². The van der Waals surface area contributed by atoms with E-state index in [1.165, 1.54) is 5.56 Å². The Morgan fingerprint density at radius 2 is 1.68 bits per heavy atom. The Labute approximate surface area is 177 Å². The molecule has 1 unspecified atom stereocenters. The van der Waals surface area contributed by atoms with Crippen LogP contribution in [0.25, 0.3) is 16.6 Å². The minimum absolute atomic E-state index is 0.100. The second-order valence-electron chi connectivity index (χ2n) is 7.73. The van der Waals surface area contributed by atoms with Crippen LogP contribution in [0.15, 0.2) is 89.9 Å². The lowest BCUT2D eigenvalue weighted by Crippen LogP contribution is -2.30. The number of aromatic amines is 1. The minimum Gasteiger partial charge on any atom is -0.307 e. The Hall–Kier alpha value is -4.19. The second-order valence-corrected chi connectivity index (χ2v) is 7.73. The summed E-state index contributed by atoms with van der Waals surface area (Å²) in [6, 6.07) is 25.4. The third kappa shape index (κ3) is 2.61. The van der Waals surface area contributed by atoms with Crippen LogP contribution in [0.4, 0.5) is 5.69 Å². The Bertz CT molecular complexity index is 1520. The largest absolute Gasteiger partial charge is 0.307 e. The number of anilines is 1. The van der Waals surface area contributed by atoms with Crippen molar-refractivity contribution in [3.8, 4) is 0 Å². The Kier molecular flexibility index (Phi) is 3.80. The van der Waals surface area contributed by atoms with Crippen molar-refractivity contribution in [2.24, 2.45) is 0 Å². The predicted octanol–water partition coefficient (Wildman–Crippen LogP) is 3.97. The molecule has 150 valence electrons. The number of H-pyrrole nitrogens is 1. The first-order chi connectivity index (χ1) is 15.2. The Morgan fingerprint density at radius 3 is 2.55 bits per heavy atom. The zero-order valence-electron chi connectivity index (χ0n) is 16.5. The zero-order valence-corrected chi connectivity index (χ0v) is 16.5. The third-order valence-electron chi connectivity index (χ3n) is 6.02. The second kappa shape index (κ2) is 6.67. The van der Waals surface area contributed by atoms with E-state index in [1.54, 1.807) is 21.7 Å². The van der Waals surface area contributed by atoms with E-state index in [-0.39, 0.29) is 17.4 Å². The van der Waals surface area contributed by atoms with Crippen LogP contribution in [0.5, 0.6) is 0 Å². The van der Waals surface area contributed by atoms with Gasteiger partial charge in [0.1, 0.15) is 11.2 Å². The van der Waals surface area contributed by atoms with E-state index in [0.29, 0.717) is 28.7 Å². The van der Waals surface area contributed by atoms with Gasteiger partial charge in [-0.3, -0.25) is 9.59 Å². The molecule has 0 fully saturated rings. The van der Waals surface area contributed by atoms with Gasteiger partial charge < -0.3 is 9.88 Å². The molecule has 1 aliphatic heterocycles. The monoisotopic (exact) mass is 406 g/mol. The van der Waals surface area contributed by atoms with Crippen LogP contribution in [0.3, 0.4) is 0 Å². The lowest BCUT2D eigenvalue weighted by Gasteiger charge is -2.17. The topological polar surface area (TPSA) is 70.5 Å². The molecule has 31 heavy (non-hydrogen) atoms. The smallest absolute Gasteiger partial charge is 0.263 e. The van der Waals surface area contributed by atoms with Crippen LogP contribution in [0, 0.1) is 0 Å². The van der Waals surface area contributed by atoms with Gasteiger partial charge in [0.15, 0.2) is 0 Å². The molecule has 0 saturated carbocycles. The lowest BCUT2D eigenvalue weighted by molar-refractivity contribution is 0.0990. The van der Waals surface area contributed by atoms with Gasteiger partial charge in [-0.05, 0) is 29.3 Å². The van der Waals surface area contributed by atoms with Crippen molar-refractivity contribution in [1.82, 2.24) is 14.6 Å². The fourth-order valence-electron chi connectivity index (χ4n) is 4.55. The SMILES string of the molecule is O=C(c1cnn2c1[nH]c(=O)c1ccccc12)N1CC(c2ccccc2)c2ccccc21. The molecule has 6 rings (SSSR count). The molecule has 2 aromatic heterocycles. The molecule has 0 spiro atoms. The molecule has 3 aromatic carbocycles. The number of hydrogen-bond donors (Lipinski definition) is 1. The van der Waals surface area contributed by atoms with E-state index in [4.69, 9.17) is 0 Å². The van der Waals surface area contributed by atoms with Crippen molar-refractivity contribution in [2.75, 3.05) is 11.4 Å². The normalized spacial score (nSPS) is 15.5. The van der Waals surface area contributed by atoms with Gasteiger partial charge in [-0.1, -0.05) is 60.7 Å². The molecule has 3 heterocycles. The summed E-state index contributed by atoms with van der Waals surface area (Å²) < 4.78 is 1.63. The molecular formula is C25H18N4O2. The molecule has 1 amide bonds. The van der Waals surface area contributed by atoms with Crippen molar-refractivity contribution in [2.45, 2.75) is 5.92 Å². The number of carbonyl (C=O) groups excluding carboxylic acids is 1. The van der Waals surface area contributed by atoms with Crippen LogP contribution in [0.1, 0.15) is 27.4 Å². The fourth-order valence-corrected chi connectivity index (χ4v) is 4.55. The summed E-state index contributed by atoms with van der Waals surface area (Å²) in [5, 5.41) is 4.95. The summed E-state index contributed by atoms with van der Waals surface area (Å²) in [5.74, 6) is -0.0742. The van der Waals surface area contributed by atoms with E-state index < -0.39 is 0 Å². The van der Waals surface area contributed by atoms with Gasteiger partial charge in [-0.2, -0.15) is 5.10 Å². The van der Waals surface area contributed by atoms with E-state index >= 15 is 0 Å². The number of benzene rings is 3. The maximum Gasteiger partial charge on any atom is 0.263 e. The maximum absolute atomic E-state index is 13.7. The summed E-state index contributed by atoms with van der Waals surface area (Å²) in [6.45, 7) is 0.539. The number of hydrogen-bond acceptors (Lipinski definition) is 3. The van der Waals surface area contributed by atoms with Gasteiger partial charge in [0, 0.05) is 18.2 Å². The van der Waals surface area contributed by atoms with Crippen molar-refractivity contribution in [3.63, 3.8) is 0 Å². The molecule has 0 aliphatic carbocycles. The van der Waals surface area contributed by atoms with Gasteiger partial charge in [-0.15, -0.1) is 0 Å². The number of rotatable bonds is 2. The number of aromatic nitrogens is 3. The highest BCUT2D eigenvalue weighted by atomic mass is 16.2. The van der Waals surface area contributed by atoms with Crippen molar-refractivity contribution < 1.29 is 4.79 Å². The van der Waals surface area contributed by atoms with Crippen LogP contribution in [0.2, 0.25) is 0 Å². The summed E-state index contributed by atoms with van der Waals surface area (Å²) in [4.78, 5) is 30.9. The van der Waals surface area contributed by atoms with Crippen LogP contribution in [-0.2, 0) is 0 Å². The maximum atomic E-state index is 13.7. The average Bonchev–Trinajstić information content (AvgIpc) is 3.42. The van der Waals surface area contributed by atoms with Gasteiger partial charge in [0.25, 0.3) is 11.5 Å². The first kappa shape index (κ1) is 17.7. The summed E-state index contributed by atoms with van der Waals surface area (Å²) in [6.07, 6.45) is 1.54. The molecule has 6 nitrogen and oxygen atoms in total. The van der Waals surface area contributed by atoms with E-state index in [0.717, 1.165) is 11.3 Å². The van der Waals surface area contributed by atoms with E-state index in [2.05, 4.69) is 28.3 Å². The zero-order chi connectivity index (χ0) is 20.9. The van der Waals surface area contributed by atoms with Gasteiger partial charge in [0.2, 0.25) is 0 Å². The number of para-hydroxylation sites is 2. The molecule has 0 saturated heterocycles. The molecule has 5 aromatic rings. The first-order valence-electron chi connectivity index (χ1n) is 10.2. The average molecular weight is 406 g/mol. The predicted molar refractivity (Wildman–Crippen MR) is 120 cm³/mol. The highest BCUT2D eigenvalue weighted by Gasteiger charge is 2.34. The lowest BCUT2D eigenvalue weighted by atomic mass is 9.93. The summed E-state index contributed by atoms with van der Waals surface area (Å²) >= 11 is 0. The summed E-state index contributed by atoms with van der Waals surface area (Å²) in [5.41, 5.74) is 4.41. The Balaban J connectivity index is 1.48. The summed E-state index contributed by atoms with van der Waals surface area (Å²) in [7, 11) is 0. The standard InChI is InChI=1S/C25H18N4O2/c30-24-18-11-5-7-13-22(18)29-23(27-24)19(14-26-29)25(31)28-15-20(16-8-2-1-3-9-16)17-10-4-6-12-21(17)28/h1-14,20H,15H2,(H,27,30). The van der Waals surface area contributed by atoms with Crippen molar-refractivity contribution >= 4 is 28.1 Å². The number of nitrogens with one attached hydrogen (secondary N) is 1. The van der Waals surface area contributed by atoms with Gasteiger partial charge in [-0.25, -0.2) is 4.52 Å². The molecule has 1 N–H and O–H groups in total. The molecular weight excluding hydrogens is 388 g/mol. The van der Waals surface area contributed by atoms with Crippen LogP contribution < -0.4 is 10.5 Å². The van der Waals surface area contributed by atoms with Gasteiger partial charge in [0.05, 0.1) is 17.1 Å². The van der Waals surface area contributed by atoms with Gasteiger partial charge >= 0.3 is 0 Å². The minimum atomic E-state index is -0.235. The molecule has 1 aliphatic rings. The fraction of sp³-hybridized carbons (Fsp3) is 0.0800. The number of amides is 1. The molecule has 0 radical (unpaired) electrons. The quantitative estimate of drug-likeness (QED) is 0.482. The van der Waals surface area contributed by atoms with E-state index in [9.17, 15) is 9.59 Å². The van der Waals surface area contributed by atoms with Crippen LogP contribution >= 0.6 is 0 Å². The number of carbonyl (C=O) groups is 1. The Morgan fingerprint density at radius 1 is 0.935 bits per heavy atom. The molecule has 0 bridgehead atoms. The highest BCUT2D eigenvalue weighted by Crippen LogP contribution is 2.40. The third-order valence-corrected chi connectivity index (χ3v) is 6.02.